The lowest BCUT2D eigenvalue weighted by molar-refractivity contribution is 0.466. The zero-order valence-corrected chi connectivity index (χ0v) is 12.0. The fraction of sp³-hybridized carbons (Fsp3) is 0.154. The standard InChI is InChI=1S/C13H10Cl2N4O/c1-2-7-5-8(3-4-9(7)14)20-12-10-11(17-6-16-10)18-13(15)19-12/h3-6H,2H2,1H3,(H,16,17,18,19). The van der Waals surface area contributed by atoms with Crippen molar-refractivity contribution in [2.45, 2.75) is 13.3 Å². The molecule has 20 heavy (non-hydrogen) atoms. The highest BCUT2D eigenvalue weighted by molar-refractivity contribution is 6.31. The predicted octanol–water partition coefficient (Wildman–Crippen LogP) is 4.01. The first kappa shape index (κ1) is 13.1. The molecule has 0 amide bonds. The lowest BCUT2D eigenvalue weighted by atomic mass is 10.1. The zero-order valence-electron chi connectivity index (χ0n) is 10.5. The summed E-state index contributed by atoms with van der Waals surface area (Å²) in [7, 11) is 0. The number of imidazole rings is 1. The molecular weight excluding hydrogens is 299 g/mol. The Hall–Kier alpha value is -1.85. The number of H-pyrrole nitrogens is 1. The van der Waals surface area contributed by atoms with Gasteiger partial charge < -0.3 is 9.72 Å². The molecule has 1 aromatic carbocycles. The molecule has 0 aliphatic rings. The molecule has 0 saturated carbocycles. The van der Waals surface area contributed by atoms with E-state index in [1.807, 2.05) is 13.0 Å². The van der Waals surface area contributed by atoms with Crippen LogP contribution in [-0.2, 0) is 6.42 Å². The summed E-state index contributed by atoms with van der Waals surface area (Å²) in [6.07, 6.45) is 2.34. The van der Waals surface area contributed by atoms with Gasteiger partial charge in [0.2, 0.25) is 11.2 Å². The SMILES string of the molecule is CCc1cc(Oc2nc(Cl)nc3nc[nH]c23)ccc1Cl. The van der Waals surface area contributed by atoms with E-state index in [-0.39, 0.29) is 5.28 Å². The number of aryl methyl sites for hydroxylation is 1. The summed E-state index contributed by atoms with van der Waals surface area (Å²) in [5.41, 5.74) is 2.07. The molecule has 102 valence electrons. The third-order valence-corrected chi connectivity index (χ3v) is 3.38. The second-order valence-electron chi connectivity index (χ2n) is 4.11. The monoisotopic (exact) mass is 308 g/mol. The molecule has 3 aromatic rings. The molecule has 2 heterocycles. The summed E-state index contributed by atoms with van der Waals surface area (Å²) in [6, 6.07) is 5.45. The Bertz CT molecular complexity index is 772. The molecule has 7 heteroatoms. The number of ether oxygens (including phenoxy) is 1. The van der Waals surface area contributed by atoms with Crippen molar-refractivity contribution < 1.29 is 4.74 Å². The van der Waals surface area contributed by atoms with Crippen LogP contribution in [0.4, 0.5) is 0 Å². The first-order valence-corrected chi connectivity index (χ1v) is 6.76. The Labute approximate surface area is 124 Å². The van der Waals surface area contributed by atoms with Gasteiger partial charge in [-0.25, -0.2) is 4.98 Å². The summed E-state index contributed by atoms with van der Waals surface area (Å²) in [5.74, 6) is 0.971. The third-order valence-electron chi connectivity index (χ3n) is 2.84. The van der Waals surface area contributed by atoms with Crippen molar-refractivity contribution in [2.24, 2.45) is 0 Å². The quantitative estimate of drug-likeness (QED) is 0.742. The molecule has 3 rings (SSSR count). The number of hydrogen-bond acceptors (Lipinski definition) is 4. The van der Waals surface area contributed by atoms with Crippen LogP contribution in [-0.4, -0.2) is 19.9 Å². The van der Waals surface area contributed by atoms with Gasteiger partial charge in [-0.2, -0.15) is 9.97 Å². The smallest absolute Gasteiger partial charge is 0.250 e. The maximum Gasteiger partial charge on any atom is 0.250 e. The van der Waals surface area contributed by atoms with Crippen LogP contribution in [0.25, 0.3) is 11.2 Å². The van der Waals surface area contributed by atoms with Crippen LogP contribution in [0.1, 0.15) is 12.5 Å². The predicted molar refractivity (Wildman–Crippen MR) is 77.6 cm³/mol. The molecule has 0 bridgehead atoms. The molecule has 2 aromatic heterocycles. The van der Waals surface area contributed by atoms with E-state index in [0.717, 1.165) is 12.0 Å². The summed E-state index contributed by atoms with van der Waals surface area (Å²) < 4.78 is 5.76. The molecule has 0 aliphatic heterocycles. The van der Waals surface area contributed by atoms with E-state index in [1.54, 1.807) is 12.1 Å². The molecule has 1 N–H and O–H groups in total. The van der Waals surface area contributed by atoms with Crippen LogP contribution < -0.4 is 4.74 Å². The topological polar surface area (TPSA) is 63.7 Å². The number of aromatic amines is 1. The number of benzene rings is 1. The van der Waals surface area contributed by atoms with Crippen molar-refractivity contribution in [3.05, 3.63) is 40.4 Å². The average molecular weight is 309 g/mol. The van der Waals surface area contributed by atoms with Gasteiger partial charge in [0.1, 0.15) is 11.3 Å². The Morgan fingerprint density at radius 3 is 2.90 bits per heavy atom. The lowest BCUT2D eigenvalue weighted by Gasteiger charge is -2.08. The van der Waals surface area contributed by atoms with Gasteiger partial charge in [0.05, 0.1) is 6.33 Å². The van der Waals surface area contributed by atoms with E-state index < -0.39 is 0 Å². The highest BCUT2D eigenvalue weighted by atomic mass is 35.5. The number of fused-ring (bicyclic) bond motifs is 1. The maximum absolute atomic E-state index is 6.08. The normalized spacial score (nSPS) is 10.9. The number of hydrogen-bond donors (Lipinski definition) is 1. The van der Waals surface area contributed by atoms with Crippen LogP contribution in [0.2, 0.25) is 10.3 Å². The van der Waals surface area contributed by atoms with Gasteiger partial charge in [0.25, 0.3) is 0 Å². The minimum absolute atomic E-state index is 0.0873. The van der Waals surface area contributed by atoms with Crippen molar-refractivity contribution in [3.63, 3.8) is 0 Å². The second kappa shape index (κ2) is 5.26. The fourth-order valence-corrected chi connectivity index (χ4v) is 2.26. The Kier molecular flexibility index (Phi) is 3.46. The molecule has 0 unspecified atom stereocenters. The third kappa shape index (κ3) is 2.42. The van der Waals surface area contributed by atoms with Gasteiger partial charge in [-0.1, -0.05) is 18.5 Å². The van der Waals surface area contributed by atoms with Crippen LogP contribution in [0.15, 0.2) is 24.5 Å². The minimum atomic E-state index is 0.0873. The second-order valence-corrected chi connectivity index (χ2v) is 4.85. The summed E-state index contributed by atoms with van der Waals surface area (Å²) in [4.78, 5) is 15.0. The van der Waals surface area contributed by atoms with E-state index in [1.165, 1.54) is 6.33 Å². The fourth-order valence-electron chi connectivity index (χ4n) is 1.85. The van der Waals surface area contributed by atoms with Crippen molar-refractivity contribution >= 4 is 34.4 Å². The van der Waals surface area contributed by atoms with Gasteiger partial charge in [-0.05, 0) is 41.8 Å². The highest BCUT2D eigenvalue weighted by Gasteiger charge is 2.11. The molecule has 0 radical (unpaired) electrons. The first-order chi connectivity index (χ1) is 9.67. The van der Waals surface area contributed by atoms with E-state index in [9.17, 15) is 0 Å². The van der Waals surface area contributed by atoms with Crippen molar-refractivity contribution in [1.29, 1.82) is 0 Å². The van der Waals surface area contributed by atoms with Gasteiger partial charge in [-0.15, -0.1) is 0 Å². The van der Waals surface area contributed by atoms with E-state index in [4.69, 9.17) is 27.9 Å². The number of nitrogens with zero attached hydrogens (tertiary/aromatic N) is 3. The van der Waals surface area contributed by atoms with Crippen LogP contribution in [0.5, 0.6) is 11.6 Å². The summed E-state index contributed by atoms with van der Waals surface area (Å²) in [6.45, 7) is 2.03. The molecule has 0 spiro atoms. The van der Waals surface area contributed by atoms with Crippen LogP contribution >= 0.6 is 23.2 Å². The van der Waals surface area contributed by atoms with Crippen LogP contribution in [0, 0.1) is 0 Å². The molecule has 0 atom stereocenters. The summed E-state index contributed by atoms with van der Waals surface area (Å²) in [5, 5.41) is 0.802. The molecule has 0 fully saturated rings. The van der Waals surface area contributed by atoms with Gasteiger partial charge in [0, 0.05) is 5.02 Å². The largest absolute Gasteiger partial charge is 0.437 e. The molecule has 0 saturated heterocycles. The van der Waals surface area contributed by atoms with Gasteiger partial charge in [-0.3, -0.25) is 0 Å². The number of nitrogens with one attached hydrogen (secondary N) is 1. The Morgan fingerprint density at radius 1 is 1.25 bits per heavy atom. The highest BCUT2D eigenvalue weighted by Crippen LogP contribution is 2.29. The van der Waals surface area contributed by atoms with Crippen molar-refractivity contribution in [3.8, 4) is 11.6 Å². The lowest BCUT2D eigenvalue weighted by Crippen LogP contribution is -1.93. The maximum atomic E-state index is 6.08. The minimum Gasteiger partial charge on any atom is -0.437 e. The van der Waals surface area contributed by atoms with Gasteiger partial charge in [0.15, 0.2) is 5.65 Å². The average Bonchev–Trinajstić information content (AvgIpc) is 2.89. The zero-order chi connectivity index (χ0) is 14.1. The summed E-state index contributed by atoms with van der Waals surface area (Å²) >= 11 is 11.9. The van der Waals surface area contributed by atoms with E-state index >= 15 is 0 Å². The van der Waals surface area contributed by atoms with Crippen molar-refractivity contribution in [2.75, 3.05) is 0 Å². The van der Waals surface area contributed by atoms with E-state index in [0.29, 0.717) is 27.8 Å². The van der Waals surface area contributed by atoms with Gasteiger partial charge >= 0.3 is 0 Å². The Morgan fingerprint density at radius 2 is 2.10 bits per heavy atom. The number of halogens is 2. The van der Waals surface area contributed by atoms with Crippen LogP contribution in [0.3, 0.4) is 0 Å². The molecule has 0 aliphatic carbocycles. The first-order valence-electron chi connectivity index (χ1n) is 6.00. The molecule has 5 nitrogen and oxygen atoms in total. The molecular formula is C13H10Cl2N4O. The van der Waals surface area contributed by atoms with E-state index in [2.05, 4.69) is 19.9 Å². The number of aromatic nitrogens is 4. The Balaban J connectivity index is 2.02. The van der Waals surface area contributed by atoms with Crippen molar-refractivity contribution in [1.82, 2.24) is 19.9 Å². The number of rotatable bonds is 3.